The van der Waals surface area contributed by atoms with Gasteiger partial charge in [-0.3, -0.25) is 9.59 Å². The van der Waals surface area contributed by atoms with Gasteiger partial charge in [-0.15, -0.1) is 0 Å². The first kappa shape index (κ1) is 16.0. The zero-order chi connectivity index (χ0) is 14.3. The summed E-state index contributed by atoms with van der Waals surface area (Å²) in [6.07, 6.45) is 4.94. The second-order valence-corrected chi connectivity index (χ2v) is 5.83. The molecule has 1 aliphatic rings. The summed E-state index contributed by atoms with van der Waals surface area (Å²) >= 11 is 0. The third-order valence-corrected chi connectivity index (χ3v) is 3.67. The van der Waals surface area contributed by atoms with Gasteiger partial charge in [-0.1, -0.05) is 0 Å². The fraction of sp³-hybridized carbons (Fsp3) is 0.857. The SMILES string of the molecule is CC(C)NC(=O)CNC(=O)CC1CCC(CN)CC1. The molecule has 5 heteroatoms. The van der Waals surface area contributed by atoms with Crippen molar-refractivity contribution in [2.75, 3.05) is 13.1 Å². The quantitative estimate of drug-likeness (QED) is 0.666. The van der Waals surface area contributed by atoms with Crippen molar-refractivity contribution in [3.05, 3.63) is 0 Å². The van der Waals surface area contributed by atoms with Crippen LogP contribution in [0, 0.1) is 11.8 Å². The van der Waals surface area contributed by atoms with Gasteiger partial charge in [0.1, 0.15) is 0 Å². The van der Waals surface area contributed by atoms with Crippen LogP contribution in [-0.4, -0.2) is 30.9 Å². The Morgan fingerprint density at radius 2 is 1.68 bits per heavy atom. The lowest BCUT2D eigenvalue weighted by molar-refractivity contribution is -0.127. The molecule has 0 saturated heterocycles. The van der Waals surface area contributed by atoms with Crippen molar-refractivity contribution >= 4 is 11.8 Å². The van der Waals surface area contributed by atoms with Crippen molar-refractivity contribution in [3.8, 4) is 0 Å². The topological polar surface area (TPSA) is 84.2 Å². The zero-order valence-corrected chi connectivity index (χ0v) is 12.1. The van der Waals surface area contributed by atoms with E-state index in [1.807, 2.05) is 13.8 Å². The van der Waals surface area contributed by atoms with Crippen LogP contribution >= 0.6 is 0 Å². The molecule has 4 N–H and O–H groups in total. The van der Waals surface area contributed by atoms with Gasteiger partial charge in [-0.2, -0.15) is 0 Å². The molecule has 1 fully saturated rings. The van der Waals surface area contributed by atoms with Crippen LogP contribution in [0.15, 0.2) is 0 Å². The number of amides is 2. The number of nitrogens with one attached hydrogen (secondary N) is 2. The van der Waals surface area contributed by atoms with Crippen molar-refractivity contribution in [2.45, 2.75) is 52.0 Å². The predicted octanol–water partition coefficient (Wildman–Crippen LogP) is 0.782. The molecule has 0 aliphatic heterocycles. The number of nitrogens with two attached hydrogens (primary N) is 1. The fourth-order valence-electron chi connectivity index (χ4n) is 2.56. The Hall–Kier alpha value is -1.10. The Bertz CT molecular complexity index is 297. The van der Waals surface area contributed by atoms with Gasteiger partial charge in [-0.05, 0) is 57.9 Å². The number of hydrogen-bond acceptors (Lipinski definition) is 3. The molecule has 110 valence electrons. The number of carbonyl (C=O) groups is 2. The summed E-state index contributed by atoms with van der Waals surface area (Å²) in [4.78, 5) is 23.1. The van der Waals surface area contributed by atoms with Crippen molar-refractivity contribution in [2.24, 2.45) is 17.6 Å². The predicted molar refractivity (Wildman–Crippen MR) is 75.4 cm³/mol. The highest BCUT2D eigenvalue weighted by molar-refractivity contribution is 5.84. The minimum Gasteiger partial charge on any atom is -0.352 e. The minimum absolute atomic E-state index is 0.0184. The second-order valence-electron chi connectivity index (χ2n) is 5.83. The lowest BCUT2D eigenvalue weighted by Gasteiger charge is -2.27. The first-order valence-corrected chi connectivity index (χ1v) is 7.27. The summed E-state index contributed by atoms with van der Waals surface area (Å²) in [6.45, 7) is 4.63. The molecular weight excluding hydrogens is 242 g/mol. The van der Waals surface area contributed by atoms with Gasteiger partial charge in [0.25, 0.3) is 0 Å². The summed E-state index contributed by atoms with van der Waals surface area (Å²) in [7, 11) is 0. The third-order valence-electron chi connectivity index (χ3n) is 3.67. The number of rotatable bonds is 6. The standard InChI is InChI=1S/C14H27N3O2/c1-10(2)17-14(19)9-16-13(18)7-11-3-5-12(8-15)6-4-11/h10-12H,3-9,15H2,1-2H3,(H,16,18)(H,17,19). The summed E-state index contributed by atoms with van der Waals surface area (Å²) in [5, 5.41) is 5.43. The first-order chi connectivity index (χ1) is 9.01. The molecule has 0 atom stereocenters. The lowest BCUT2D eigenvalue weighted by atomic mass is 9.80. The molecule has 0 spiro atoms. The average molecular weight is 269 g/mol. The van der Waals surface area contributed by atoms with Crippen molar-refractivity contribution in [1.29, 1.82) is 0 Å². The van der Waals surface area contributed by atoms with Crippen molar-refractivity contribution in [3.63, 3.8) is 0 Å². The van der Waals surface area contributed by atoms with Crippen molar-refractivity contribution < 1.29 is 9.59 Å². The average Bonchev–Trinajstić information content (AvgIpc) is 2.36. The number of hydrogen-bond donors (Lipinski definition) is 3. The van der Waals surface area contributed by atoms with Crippen LogP contribution in [0.5, 0.6) is 0 Å². The minimum atomic E-state index is -0.129. The maximum absolute atomic E-state index is 11.7. The first-order valence-electron chi connectivity index (χ1n) is 7.27. The molecule has 0 bridgehead atoms. The highest BCUT2D eigenvalue weighted by Gasteiger charge is 2.22. The fourth-order valence-corrected chi connectivity index (χ4v) is 2.56. The third kappa shape index (κ3) is 6.57. The molecule has 5 nitrogen and oxygen atoms in total. The van der Waals surface area contributed by atoms with E-state index in [1.54, 1.807) is 0 Å². The molecule has 2 amide bonds. The summed E-state index contributed by atoms with van der Waals surface area (Å²) < 4.78 is 0. The van der Waals surface area contributed by atoms with Gasteiger partial charge >= 0.3 is 0 Å². The van der Waals surface area contributed by atoms with Crippen LogP contribution in [0.1, 0.15) is 46.0 Å². The normalized spacial score (nSPS) is 23.2. The van der Waals surface area contributed by atoms with Crippen LogP contribution in [0.4, 0.5) is 0 Å². The van der Waals surface area contributed by atoms with Gasteiger partial charge in [0, 0.05) is 12.5 Å². The smallest absolute Gasteiger partial charge is 0.239 e. The van der Waals surface area contributed by atoms with Gasteiger partial charge < -0.3 is 16.4 Å². The van der Waals surface area contributed by atoms with Crippen LogP contribution in [0.2, 0.25) is 0 Å². The molecule has 1 aliphatic carbocycles. The highest BCUT2D eigenvalue weighted by Crippen LogP contribution is 2.29. The molecule has 0 radical (unpaired) electrons. The summed E-state index contributed by atoms with van der Waals surface area (Å²) in [5.41, 5.74) is 5.65. The summed E-state index contributed by atoms with van der Waals surface area (Å²) in [6, 6.07) is 0.107. The molecule has 0 aromatic carbocycles. The van der Waals surface area contributed by atoms with Gasteiger partial charge in [0.2, 0.25) is 11.8 Å². The van der Waals surface area contributed by atoms with E-state index in [-0.39, 0.29) is 24.4 Å². The van der Waals surface area contributed by atoms with Gasteiger partial charge in [0.05, 0.1) is 6.54 Å². The van der Waals surface area contributed by atoms with Gasteiger partial charge in [0.15, 0.2) is 0 Å². The molecule has 1 rings (SSSR count). The molecule has 0 aromatic rings. The molecule has 0 aromatic heterocycles. The maximum atomic E-state index is 11.7. The molecule has 0 unspecified atom stereocenters. The van der Waals surface area contributed by atoms with E-state index in [1.165, 1.54) is 0 Å². The van der Waals surface area contributed by atoms with Crippen molar-refractivity contribution in [1.82, 2.24) is 10.6 Å². The summed E-state index contributed by atoms with van der Waals surface area (Å²) in [5.74, 6) is 0.942. The zero-order valence-electron chi connectivity index (χ0n) is 12.1. The van der Waals surface area contributed by atoms with E-state index >= 15 is 0 Å². The maximum Gasteiger partial charge on any atom is 0.239 e. The van der Waals surface area contributed by atoms with E-state index in [9.17, 15) is 9.59 Å². The van der Waals surface area contributed by atoms with Crippen LogP contribution < -0.4 is 16.4 Å². The monoisotopic (exact) mass is 269 g/mol. The Balaban J connectivity index is 2.16. The van der Waals surface area contributed by atoms with E-state index in [0.29, 0.717) is 18.3 Å². The van der Waals surface area contributed by atoms with E-state index in [4.69, 9.17) is 5.73 Å². The Kier molecular flexibility index (Phi) is 6.84. The highest BCUT2D eigenvalue weighted by atomic mass is 16.2. The second kappa shape index (κ2) is 8.15. The molecular formula is C14H27N3O2. The molecule has 0 heterocycles. The Morgan fingerprint density at radius 1 is 1.11 bits per heavy atom. The molecule has 1 saturated carbocycles. The van der Waals surface area contributed by atoms with E-state index in [0.717, 1.165) is 32.2 Å². The van der Waals surface area contributed by atoms with Gasteiger partial charge in [-0.25, -0.2) is 0 Å². The Morgan fingerprint density at radius 3 is 2.21 bits per heavy atom. The van der Waals surface area contributed by atoms with E-state index in [2.05, 4.69) is 10.6 Å². The van der Waals surface area contributed by atoms with Crippen LogP contribution in [0.25, 0.3) is 0 Å². The van der Waals surface area contributed by atoms with Crippen LogP contribution in [-0.2, 0) is 9.59 Å². The number of carbonyl (C=O) groups excluding carboxylic acids is 2. The molecule has 19 heavy (non-hydrogen) atoms. The Labute approximate surface area is 115 Å². The van der Waals surface area contributed by atoms with Crippen LogP contribution in [0.3, 0.4) is 0 Å². The van der Waals surface area contributed by atoms with E-state index < -0.39 is 0 Å². The largest absolute Gasteiger partial charge is 0.352 e. The lowest BCUT2D eigenvalue weighted by Crippen LogP contribution is -2.40.